The maximum absolute atomic E-state index is 12.8. The zero-order valence-corrected chi connectivity index (χ0v) is 17.1. The lowest BCUT2D eigenvalue weighted by Gasteiger charge is -2.18. The second-order valence-corrected chi connectivity index (χ2v) is 6.96. The molecule has 0 aromatic heterocycles. The standard InChI is InChI=1S/C24H22F2N2O3/c1-15-12-13-18(14-20(15)28-22(29)17-8-4-3-5-9-17)23(30)27-16(2)19-10-6-7-11-21(19)31-24(25)26/h3-14,16,24H,1-2H3,(H,27,30)(H,28,29)/t16-/m1/s1. The minimum Gasteiger partial charge on any atom is -0.434 e. The number of amides is 2. The van der Waals surface area contributed by atoms with E-state index in [9.17, 15) is 18.4 Å². The number of alkyl halides is 2. The van der Waals surface area contributed by atoms with E-state index in [2.05, 4.69) is 15.4 Å². The number of nitrogens with one attached hydrogen (secondary N) is 2. The van der Waals surface area contributed by atoms with Crippen molar-refractivity contribution in [2.24, 2.45) is 0 Å². The Labute approximate surface area is 179 Å². The molecule has 0 fully saturated rings. The van der Waals surface area contributed by atoms with Gasteiger partial charge >= 0.3 is 6.61 Å². The largest absolute Gasteiger partial charge is 0.434 e. The van der Waals surface area contributed by atoms with Crippen LogP contribution in [0.2, 0.25) is 0 Å². The van der Waals surface area contributed by atoms with Crippen molar-refractivity contribution in [3.05, 3.63) is 95.1 Å². The summed E-state index contributed by atoms with van der Waals surface area (Å²) < 4.78 is 29.9. The summed E-state index contributed by atoms with van der Waals surface area (Å²) in [6.07, 6.45) is 0. The summed E-state index contributed by atoms with van der Waals surface area (Å²) in [7, 11) is 0. The number of carbonyl (C=O) groups is 2. The van der Waals surface area contributed by atoms with Gasteiger partial charge in [-0.25, -0.2) is 0 Å². The van der Waals surface area contributed by atoms with Gasteiger partial charge in [-0.05, 0) is 49.7 Å². The number of benzene rings is 3. The lowest BCUT2D eigenvalue weighted by atomic mass is 10.1. The molecule has 2 amide bonds. The van der Waals surface area contributed by atoms with Gasteiger partial charge in [0.1, 0.15) is 5.75 Å². The molecule has 0 aliphatic rings. The van der Waals surface area contributed by atoms with Crippen molar-refractivity contribution in [2.75, 3.05) is 5.32 Å². The highest BCUT2D eigenvalue weighted by atomic mass is 19.3. The molecule has 3 rings (SSSR count). The molecular formula is C24H22F2N2O3. The Morgan fingerprint density at radius 2 is 1.55 bits per heavy atom. The fraction of sp³-hybridized carbons (Fsp3) is 0.167. The molecule has 0 saturated carbocycles. The van der Waals surface area contributed by atoms with Crippen LogP contribution in [-0.4, -0.2) is 18.4 Å². The number of anilines is 1. The summed E-state index contributed by atoms with van der Waals surface area (Å²) in [6.45, 7) is 0.540. The molecule has 2 N–H and O–H groups in total. The van der Waals surface area contributed by atoms with Crippen LogP contribution in [0, 0.1) is 6.92 Å². The highest BCUT2D eigenvalue weighted by Gasteiger charge is 2.18. The van der Waals surface area contributed by atoms with E-state index in [0.29, 0.717) is 22.4 Å². The third-order valence-corrected chi connectivity index (χ3v) is 4.73. The van der Waals surface area contributed by atoms with E-state index < -0.39 is 18.6 Å². The van der Waals surface area contributed by atoms with Crippen LogP contribution in [-0.2, 0) is 0 Å². The van der Waals surface area contributed by atoms with Crippen LogP contribution in [0.3, 0.4) is 0 Å². The lowest BCUT2D eigenvalue weighted by Crippen LogP contribution is -2.27. The highest BCUT2D eigenvalue weighted by molar-refractivity contribution is 6.05. The number of aryl methyl sites for hydroxylation is 1. The van der Waals surface area contributed by atoms with Gasteiger partial charge in [-0.3, -0.25) is 9.59 Å². The normalized spacial score (nSPS) is 11.6. The molecule has 0 radical (unpaired) electrons. The van der Waals surface area contributed by atoms with E-state index in [0.717, 1.165) is 5.56 Å². The van der Waals surface area contributed by atoms with Crippen molar-refractivity contribution in [3.63, 3.8) is 0 Å². The monoisotopic (exact) mass is 424 g/mol. The first-order valence-electron chi connectivity index (χ1n) is 9.67. The first-order valence-corrected chi connectivity index (χ1v) is 9.67. The molecule has 5 nitrogen and oxygen atoms in total. The SMILES string of the molecule is Cc1ccc(C(=O)N[C@H](C)c2ccccc2OC(F)F)cc1NC(=O)c1ccccc1. The summed E-state index contributed by atoms with van der Waals surface area (Å²) in [5, 5.41) is 5.60. The molecule has 1 atom stereocenters. The fourth-order valence-electron chi connectivity index (χ4n) is 3.08. The van der Waals surface area contributed by atoms with Crippen LogP contribution in [0.1, 0.15) is 44.8 Å². The molecule has 31 heavy (non-hydrogen) atoms. The van der Waals surface area contributed by atoms with E-state index in [1.165, 1.54) is 6.07 Å². The van der Waals surface area contributed by atoms with E-state index in [-0.39, 0.29) is 11.7 Å². The van der Waals surface area contributed by atoms with Crippen LogP contribution in [0.5, 0.6) is 5.75 Å². The van der Waals surface area contributed by atoms with E-state index in [1.54, 1.807) is 67.6 Å². The molecule has 3 aromatic carbocycles. The van der Waals surface area contributed by atoms with E-state index in [1.807, 2.05) is 13.0 Å². The summed E-state index contributed by atoms with van der Waals surface area (Å²) in [5.74, 6) is -0.688. The van der Waals surface area contributed by atoms with Gasteiger partial charge in [0.05, 0.1) is 6.04 Å². The Hall–Kier alpha value is -3.74. The Kier molecular flexibility index (Phi) is 6.97. The van der Waals surface area contributed by atoms with Crippen LogP contribution in [0.25, 0.3) is 0 Å². The van der Waals surface area contributed by atoms with Gasteiger partial charge in [0.2, 0.25) is 0 Å². The first-order chi connectivity index (χ1) is 14.8. The number of ether oxygens (including phenoxy) is 1. The lowest BCUT2D eigenvalue weighted by molar-refractivity contribution is -0.0506. The molecule has 0 heterocycles. The van der Waals surface area contributed by atoms with Crippen LogP contribution in [0.15, 0.2) is 72.8 Å². The topological polar surface area (TPSA) is 67.4 Å². The van der Waals surface area contributed by atoms with Gasteiger partial charge in [0.15, 0.2) is 0 Å². The third kappa shape index (κ3) is 5.66. The Balaban J connectivity index is 1.75. The number of hydrogen-bond donors (Lipinski definition) is 2. The van der Waals surface area contributed by atoms with Crippen LogP contribution in [0.4, 0.5) is 14.5 Å². The van der Waals surface area contributed by atoms with Gasteiger partial charge in [0, 0.05) is 22.4 Å². The van der Waals surface area contributed by atoms with E-state index in [4.69, 9.17) is 0 Å². The minimum atomic E-state index is -2.96. The predicted molar refractivity (Wildman–Crippen MR) is 115 cm³/mol. The van der Waals surface area contributed by atoms with Crippen LogP contribution >= 0.6 is 0 Å². The minimum absolute atomic E-state index is 0.00465. The van der Waals surface area contributed by atoms with Gasteiger partial charge in [-0.2, -0.15) is 8.78 Å². The molecule has 7 heteroatoms. The number of carbonyl (C=O) groups excluding carboxylic acids is 2. The number of rotatable bonds is 7. The van der Waals surface area contributed by atoms with Crippen molar-refractivity contribution < 1.29 is 23.1 Å². The predicted octanol–water partition coefficient (Wildman–Crippen LogP) is 5.34. The van der Waals surface area contributed by atoms with Crippen molar-refractivity contribution in [1.29, 1.82) is 0 Å². The van der Waals surface area contributed by atoms with Gasteiger partial charge in [0.25, 0.3) is 11.8 Å². The van der Waals surface area contributed by atoms with Crippen molar-refractivity contribution in [2.45, 2.75) is 26.5 Å². The van der Waals surface area contributed by atoms with Crippen molar-refractivity contribution >= 4 is 17.5 Å². The molecule has 0 saturated heterocycles. The molecule has 0 bridgehead atoms. The average molecular weight is 424 g/mol. The number of para-hydroxylation sites is 1. The highest BCUT2D eigenvalue weighted by Crippen LogP contribution is 2.27. The Morgan fingerprint density at radius 1 is 0.871 bits per heavy atom. The third-order valence-electron chi connectivity index (χ3n) is 4.73. The second-order valence-electron chi connectivity index (χ2n) is 6.96. The quantitative estimate of drug-likeness (QED) is 0.538. The Bertz CT molecular complexity index is 1070. The van der Waals surface area contributed by atoms with Gasteiger partial charge < -0.3 is 15.4 Å². The Morgan fingerprint density at radius 3 is 2.26 bits per heavy atom. The maximum atomic E-state index is 12.8. The summed E-state index contributed by atoms with van der Waals surface area (Å²) in [6, 6.07) is 19.4. The zero-order chi connectivity index (χ0) is 22.4. The first kappa shape index (κ1) is 22.0. The molecule has 0 aliphatic carbocycles. The second kappa shape index (κ2) is 9.84. The van der Waals surface area contributed by atoms with Crippen LogP contribution < -0.4 is 15.4 Å². The average Bonchev–Trinajstić information content (AvgIpc) is 2.75. The summed E-state index contributed by atoms with van der Waals surface area (Å²) in [5.41, 5.74) is 2.56. The molecule has 3 aromatic rings. The number of halogens is 2. The van der Waals surface area contributed by atoms with Gasteiger partial charge in [-0.1, -0.05) is 42.5 Å². The summed E-state index contributed by atoms with van der Waals surface area (Å²) >= 11 is 0. The smallest absolute Gasteiger partial charge is 0.387 e. The van der Waals surface area contributed by atoms with E-state index >= 15 is 0 Å². The zero-order valence-electron chi connectivity index (χ0n) is 17.1. The maximum Gasteiger partial charge on any atom is 0.387 e. The summed E-state index contributed by atoms with van der Waals surface area (Å²) in [4.78, 5) is 25.2. The van der Waals surface area contributed by atoms with Crippen molar-refractivity contribution in [1.82, 2.24) is 5.32 Å². The molecule has 0 aliphatic heterocycles. The van der Waals surface area contributed by atoms with Crippen molar-refractivity contribution in [3.8, 4) is 5.75 Å². The molecule has 0 unspecified atom stereocenters. The molecule has 160 valence electrons. The molecule has 0 spiro atoms. The van der Waals surface area contributed by atoms with Gasteiger partial charge in [-0.15, -0.1) is 0 Å². The fourth-order valence-corrected chi connectivity index (χ4v) is 3.08. The number of hydrogen-bond acceptors (Lipinski definition) is 3. The molecular weight excluding hydrogens is 402 g/mol.